The molecule has 2 aromatic rings. The van der Waals surface area contributed by atoms with Gasteiger partial charge in [0.1, 0.15) is 11.9 Å². The molecule has 0 saturated carbocycles. The number of hydrogen-bond acceptors (Lipinski definition) is 5. The first-order chi connectivity index (χ1) is 17.3. The largest absolute Gasteiger partial charge is 0.487 e. The minimum atomic E-state index is -4.46. The number of urea groups is 1. The van der Waals surface area contributed by atoms with Gasteiger partial charge in [-0.3, -0.25) is 4.79 Å². The van der Waals surface area contributed by atoms with Crippen molar-refractivity contribution in [2.24, 2.45) is 5.92 Å². The van der Waals surface area contributed by atoms with E-state index in [4.69, 9.17) is 4.74 Å². The van der Waals surface area contributed by atoms with E-state index in [9.17, 15) is 27.9 Å². The van der Waals surface area contributed by atoms with E-state index in [-0.39, 0.29) is 30.7 Å². The van der Waals surface area contributed by atoms with Gasteiger partial charge < -0.3 is 29.9 Å². The Balaban J connectivity index is 1.81. The van der Waals surface area contributed by atoms with E-state index in [0.29, 0.717) is 17.9 Å². The number of aliphatic hydroxyl groups is 1. The second-order valence-corrected chi connectivity index (χ2v) is 9.58. The highest BCUT2D eigenvalue weighted by molar-refractivity contribution is 5.98. The van der Waals surface area contributed by atoms with Crippen LogP contribution < -0.4 is 15.0 Å². The topological polar surface area (TPSA) is 85.4 Å². The van der Waals surface area contributed by atoms with E-state index >= 15 is 0 Å². The van der Waals surface area contributed by atoms with Crippen molar-refractivity contribution in [3.8, 4) is 5.75 Å². The van der Waals surface area contributed by atoms with Crippen LogP contribution in [-0.4, -0.2) is 79.8 Å². The third-order valence-electron chi connectivity index (χ3n) is 6.43. The smallest absolute Gasteiger partial charge is 0.416 e. The van der Waals surface area contributed by atoms with Crippen LogP contribution in [0.5, 0.6) is 5.75 Å². The first-order valence-corrected chi connectivity index (χ1v) is 11.9. The highest BCUT2D eigenvalue weighted by Crippen LogP contribution is 2.32. The Hall–Kier alpha value is -3.47. The summed E-state index contributed by atoms with van der Waals surface area (Å²) in [6, 6.07) is 8.55. The number of hydrogen-bond donors (Lipinski definition) is 2. The second-order valence-electron chi connectivity index (χ2n) is 9.58. The van der Waals surface area contributed by atoms with Gasteiger partial charge >= 0.3 is 12.2 Å². The van der Waals surface area contributed by atoms with Crippen LogP contribution in [0, 0.1) is 5.92 Å². The van der Waals surface area contributed by atoms with Gasteiger partial charge in [-0.15, -0.1) is 0 Å². The molecule has 0 unspecified atom stereocenters. The van der Waals surface area contributed by atoms with Crippen molar-refractivity contribution in [3.05, 3.63) is 53.6 Å². The number of likely N-dealkylation sites (N-methyl/N-ethyl adjacent to an activating group) is 1. The molecule has 1 aliphatic rings. The summed E-state index contributed by atoms with van der Waals surface area (Å²) in [4.78, 5) is 31.1. The van der Waals surface area contributed by atoms with Crippen LogP contribution in [0.15, 0.2) is 42.5 Å². The first kappa shape index (κ1) is 28.1. The molecule has 11 heteroatoms. The lowest BCUT2D eigenvalue weighted by Crippen LogP contribution is -2.50. The molecule has 3 atom stereocenters. The number of aliphatic hydroxyl groups excluding tert-OH is 1. The molecule has 3 rings (SSSR count). The Morgan fingerprint density at radius 1 is 1.19 bits per heavy atom. The molecule has 0 aromatic heterocycles. The van der Waals surface area contributed by atoms with E-state index in [1.165, 1.54) is 17.0 Å². The van der Waals surface area contributed by atoms with Crippen molar-refractivity contribution >= 4 is 23.3 Å². The van der Waals surface area contributed by atoms with E-state index in [1.807, 2.05) is 32.0 Å². The van der Waals surface area contributed by atoms with Crippen molar-refractivity contribution in [2.75, 3.05) is 51.1 Å². The summed E-state index contributed by atoms with van der Waals surface area (Å²) in [6.07, 6.45) is -4.97. The summed E-state index contributed by atoms with van der Waals surface area (Å²) in [6.45, 7) is 3.91. The van der Waals surface area contributed by atoms with E-state index in [1.54, 1.807) is 31.0 Å². The lowest BCUT2D eigenvalue weighted by molar-refractivity contribution is -0.137. The lowest BCUT2D eigenvalue weighted by Gasteiger charge is -2.38. The van der Waals surface area contributed by atoms with Crippen LogP contribution in [0.1, 0.15) is 29.8 Å². The summed E-state index contributed by atoms with van der Waals surface area (Å²) < 4.78 is 44.7. The van der Waals surface area contributed by atoms with E-state index in [2.05, 4.69) is 5.32 Å². The number of alkyl halides is 3. The maximum Gasteiger partial charge on any atom is 0.416 e. The van der Waals surface area contributed by atoms with Crippen LogP contribution >= 0.6 is 0 Å². The second kappa shape index (κ2) is 11.3. The maximum atomic E-state index is 13.4. The summed E-state index contributed by atoms with van der Waals surface area (Å²) in [5, 5.41) is 12.4. The van der Waals surface area contributed by atoms with Gasteiger partial charge in [-0.05, 0) is 49.4 Å². The standard InChI is InChI=1S/C26H33F3N4O4/c1-16-13-33(17(2)15-34)24(35)21-12-20(31(3)4)10-11-22(21)37-23(16)14-32(5)25(36)30-19-8-6-18(7-9-19)26(27,28)29/h6-12,16-17,23,34H,13-15H2,1-5H3,(H,30,36)/t16-,17-,23+/m0/s1. The number of carbonyl (C=O) groups is 2. The molecule has 1 heterocycles. The Labute approximate surface area is 214 Å². The zero-order valence-electron chi connectivity index (χ0n) is 21.5. The molecule has 0 bridgehead atoms. The number of ether oxygens (including phenoxy) is 1. The van der Waals surface area contributed by atoms with E-state index in [0.717, 1.165) is 17.8 Å². The fourth-order valence-electron chi connectivity index (χ4n) is 4.02. The van der Waals surface area contributed by atoms with Crippen molar-refractivity contribution in [1.82, 2.24) is 9.80 Å². The Bertz CT molecular complexity index is 1110. The van der Waals surface area contributed by atoms with Crippen molar-refractivity contribution in [3.63, 3.8) is 0 Å². The van der Waals surface area contributed by atoms with Gasteiger partial charge in [0.25, 0.3) is 5.91 Å². The number of anilines is 2. The minimum Gasteiger partial charge on any atom is -0.487 e. The summed E-state index contributed by atoms with van der Waals surface area (Å²) in [7, 11) is 5.28. The SMILES string of the molecule is C[C@H]1CN([C@@H](C)CO)C(=O)c2cc(N(C)C)ccc2O[C@@H]1CN(C)C(=O)Nc1ccc(C(F)(F)F)cc1. The van der Waals surface area contributed by atoms with Gasteiger partial charge in [0.05, 0.1) is 30.3 Å². The predicted octanol–water partition coefficient (Wildman–Crippen LogP) is 4.16. The van der Waals surface area contributed by atoms with Crippen LogP contribution in [0.4, 0.5) is 29.3 Å². The van der Waals surface area contributed by atoms with Crippen molar-refractivity contribution in [1.29, 1.82) is 0 Å². The highest BCUT2D eigenvalue weighted by atomic mass is 19.4. The van der Waals surface area contributed by atoms with Gasteiger partial charge in [0, 0.05) is 45.0 Å². The molecule has 1 aliphatic heterocycles. The quantitative estimate of drug-likeness (QED) is 0.595. The van der Waals surface area contributed by atoms with Crippen LogP contribution in [0.2, 0.25) is 0 Å². The monoisotopic (exact) mass is 522 g/mol. The molecule has 2 N–H and O–H groups in total. The Morgan fingerprint density at radius 2 is 1.84 bits per heavy atom. The van der Waals surface area contributed by atoms with Gasteiger partial charge in [0.2, 0.25) is 0 Å². The average molecular weight is 523 g/mol. The molecule has 3 amide bonds. The first-order valence-electron chi connectivity index (χ1n) is 11.9. The number of halogens is 3. The maximum absolute atomic E-state index is 13.4. The molecule has 0 radical (unpaired) electrons. The number of fused-ring (bicyclic) bond motifs is 1. The van der Waals surface area contributed by atoms with Gasteiger partial charge in [-0.25, -0.2) is 4.79 Å². The molecule has 0 spiro atoms. The fraction of sp³-hybridized carbons (Fsp3) is 0.462. The number of nitrogens with one attached hydrogen (secondary N) is 1. The van der Waals surface area contributed by atoms with Gasteiger partial charge in [0.15, 0.2) is 0 Å². The summed E-state index contributed by atoms with van der Waals surface area (Å²) in [5.74, 6) is -0.0845. The van der Waals surface area contributed by atoms with Crippen LogP contribution in [0.25, 0.3) is 0 Å². The number of benzene rings is 2. The molecule has 8 nitrogen and oxygen atoms in total. The lowest BCUT2D eigenvalue weighted by atomic mass is 9.99. The van der Waals surface area contributed by atoms with Crippen molar-refractivity contribution in [2.45, 2.75) is 32.2 Å². The molecule has 0 aliphatic carbocycles. The summed E-state index contributed by atoms with van der Waals surface area (Å²) in [5.41, 5.74) is 0.597. The molecule has 202 valence electrons. The highest BCUT2D eigenvalue weighted by Gasteiger charge is 2.34. The number of amides is 3. The van der Waals surface area contributed by atoms with Crippen molar-refractivity contribution < 1.29 is 32.6 Å². The van der Waals surface area contributed by atoms with Crippen LogP contribution in [0.3, 0.4) is 0 Å². The third-order valence-corrected chi connectivity index (χ3v) is 6.43. The summed E-state index contributed by atoms with van der Waals surface area (Å²) >= 11 is 0. The molecule has 37 heavy (non-hydrogen) atoms. The number of rotatable bonds is 6. The van der Waals surface area contributed by atoms with Crippen LogP contribution in [-0.2, 0) is 6.18 Å². The zero-order valence-corrected chi connectivity index (χ0v) is 21.5. The normalized spacial score (nSPS) is 18.7. The molecule has 0 fully saturated rings. The Morgan fingerprint density at radius 3 is 2.41 bits per heavy atom. The van der Waals surface area contributed by atoms with Gasteiger partial charge in [-0.2, -0.15) is 13.2 Å². The number of carbonyl (C=O) groups excluding carboxylic acids is 2. The third kappa shape index (κ3) is 6.65. The van der Waals surface area contributed by atoms with Gasteiger partial charge in [-0.1, -0.05) is 6.92 Å². The number of nitrogens with zero attached hydrogens (tertiary/aromatic N) is 3. The average Bonchev–Trinajstić information content (AvgIpc) is 2.84. The fourth-order valence-corrected chi connectivity index (χ4v) is 4.02. The minimum absolute atomic E-state index is 0.151. The Kier molecular flexibility index (Phi) is 8.57. The molecular formula is C26H33F3N4O4. The van der Waals surface area contributed by atoms with E-state index < -0.39 is 29.9 Å². The zero-order chi connectivity index (χ0) is 27.5. The molecule has 0 saturated heterocycles. The molecule has 2 aromatic carbocycles. The molecular weight excluding hydrogens is 489 g/mol. The predicted molar refractivity (Wildman–Crippen MR) is 135 cm³/mol.